The normalized spacial score (nSPS) is 20.8. The highest BCUT2D eigenvalue weighted by Crippen LogP contribution is 2.44. The molecule has 0 unspecified atom stereocenters. The summed E-state index contributed by atoms with van der Waals surface area (Å²) < 4.78 is 12.4. The van der Waals surface area contributed by atoms with E-state index in [-0.39, 0.29) is 23.5 Å². The van der Waals surface area contributed by atoms with Gasteiger partial charge < -0.3 is 19.8 Å². The molecule has 0 spiro atoms. The molecule has 2 heterocycles. The van der Waals surface area contributed by atoms with E-state index >= 15 is 0 Å². The highest BCUT2D eigenvalue weighted by molar-refractivity contribution is 7.17. The van der Waals surface area contributed by atoms with Gasteiger partial charge in [-0.05, 0) is 74.9 Å². The molecular weight excluding hydrogens is 424 g/mol. The van der Waals surface area contributed by atoms with Crippen LogP contribution in [-0.4, -0.2) is 31.2 Å². The molecule has 0 radical (unpaired) electrons. The van der Waals surface area contributed by atoms with Gasteiger partial charge in [-0.25, -0.2) is 4.79 Å². The number of thiophene rings is 1. The third kappa shape index (κ3) is 4.53. The van der Waals surface area contributed by atoms with Crippen LogP contribution in [0.2, 0.25) is 0 Å². The summed E-state index contributed by atoms with van der Waals surface area (Å²) in [5.74, 6) is 1.25. The Morgan fingerprint density at radius 3 is 2.62 bits per heavy atom. The van der Waals surface area contributed by atoms with Crippen molar-refractivity contribution < 1.29 is 18.7 Å². The standard InChI is InChI=1S/C25H30N2O4S/c1-4-26-24(29)31-18-9-11-25(12-10-18,21-14-32-22-8-6-5-7-19(21)22)15-27-23(28)20-13-16(2)30-17(20)3/h5-8,13-14,18H,4,9-12,15H2,1-3H3,(H,26,29)(H,27,28). The summed E-state index contributed by atoms with van der Waals surface area (Å²) in [5, 5.41) is 9.36. The first-order valence-electron chi connectivity index (χ1n) is 11.2. The molecule has 1 aromatic carbocycles. The summed E-state index contributed by atoms with van der Waals surface area (Å²) in [6, 6.07) is 10.2. The molecule has 7 heteroatoms. The summed E-state index contributed by atoms with van der Waals surface area (Å²) in [6.07, 6.45) is 2.74. The lowest BCUT2D eigenvalue weighted by molar-refractivity contribution is 0.0570. The lowest BCUT2D eigenvalue weighted by Gasteiger charge is -2.40. The lowest BCUT2D eigenvalue weighted by atomic mass is 9.68. The molecule has 0 bridgehead atoms. The number of hydrogen-bond donors (Lipinski definition) is 2. The maximum atomic E-state index is 12.9. The second kappa shape index (κ2) is 9.36. The Labute approximate surface area is 192 Å². The van der Waals surface area contributed by atoms with Crippen LogP contribution in [-0.2, 0) is 10.2 Å². The molecule has 2 aromatic heterocycles. The molecule has 0 atom stereocenters. The summed E-state index contributed by atoms with van der Waals surface area (Å²) in [7, 11) is 0. The van der Waals surface area contributed by atoms with Crippen LogP contribution in [0, 0.1) is 13.8 Å². The molecular formula is C25H30N2O4S. The van der Waals surface area contributed by atoms with Crippen LogP contribution in [0.15, 0.2) is 40.1 Å². The van der Waals surface area contributed by atoms with Gasteiger partial charge in [0.25, 0.3) is 5.91 Å². The minimum atomic E-state index is -0.356. The molecule has 2 amide bonds. The Balaban J connectivity index is 1.56. The number of carbonyl (C=O) groups is 2. The van der Waals surface area contributed by atoms with Crippen LogP contribution in [0.5, 0.6) is 0 Å². The number of furan rings is 1. The van der Waals surface area contributed by atoms with Crippen LogP contribution in [0.4, 0.5) is 4.79 Å². The molecule has 3 aromatic rings. The number of benzene rings is 1. The second-order valence-corrected chi connectivity index (χ2v) is 9.48. The predicted molar refractivity (Wildman–Crippen MR) is 126 cm³/mol. The number of ether oxygens (including phenoxy) is 1. The Morgan fingerprint density at radius 2 is 1.94 bits per heavy atom. The van der Waals surface area contributed by atoms with Crippen LogP contribution in [0.3, 0.4) is 0 Å². The number of aryl methyl sites for hydroxylation is 2. The fourth-order valence-electron chi connectivity index (χ4n) is 4.73. The smallest absolute Gasteiger partial charge is 0.407 e. The fourth-order valence-corrected chi connectivity index (χ4v) is 5.81. The van der Waals surface area contributed by atoms with Crippen LogP contribution >= 0.6 is 11.3 Å². The van der Waals surface area contributed by atoms with Crippen LogP contribution in [0.1, 0.15) is 60.0 Å². The Kier molecular flexibility index (Phi) is 6.55. The molecule has 0 saturated heterocycles. The van der Waals surface area contributed by atoms with E-state index in [0.29, 0.717) is 24.4 Å². The van der Waals surface area contributed by atoms with E-state index < -0.39 is 0 Å². The third-order valence-corrected chi connectivity index (χ3v) is 7.37. The van der Waals surface area contributed by atoms with Crippen molar-refractivity contribution in [1.82, 2.24) is 10.6 Å². The number of fused-ring (bicyclic) bond motifs is 1. The monoisotopic (exact) mass is 454 g/mol. The first-order valence-corrected chi connectivity index (χ1v) is 12.1. The molecule has 170 valence electrons. The number of amides is 2. The molecule has 4 rings (SSSR count). The first kappa shape index (κ1) is 22.4. The van der Waals surface area contributed by atoms with Gasteiger partial charge >= 0.3 is 6.09 Å². The first-order chi connectivity index (χ1) is 15.4. The summed E-state index contributed by atoms with van der Waals surface area (Å²) in [5.41, 5.74) is 1.65. The van der Waals surface area contributed by atoms with Crippen molar-refractivity contribution in [2.45, 2.75) is 58.0 Å². The van der Waals surface area contributed by atoms with Crippen molar-refractivity contribution in [1.29, 1.82) is 0 Å². The van der Waals surface area contributed by atoms with Gasteiger partial charge in [-0.15, -0.1) is 11.3 Å². The molecule has 1 aliphatic carbocycles. The van der Waals surface area contributed by atoms with Gasteiger partial charge in [0.05, 0.1) is 5.56 Å². The molecule has 32 heavy (non-hydrogen) atoms. The fraction of sp³-hybridized carbons (Fsp3) is 0.440. The maximum absolute atomic E-state index is 12.9. The van der Waals surface area contributed by atoms with Crippen LogP contribution < -0.4 is 10.6 Å². The highest BCUT2D eigenvalue weighted by Gasteiger charge is 2.40. The number of alkyl carbamates (subject to hydrolysis) is 1. The van der Waals surface area contributed by atoms with Gasteiger partial charge in [0, 0.05) is 23.2 Å². The summed E-state index contributed by atoms with van der Waals surface area (Å²) >= 11 is 1.74. The van der Waals surface area contributed by atoms with Crippen LogP contribution in [0.25, 0.3) is 10.1 Å². The van der Waals surface area contributed by atoms with E-state index in [1.165, 1.54) is 15.6 Å². The zero-order valence-electron chi connectivity index (χ0n) is 18.8. The van der Waals surface area contributed by atoms with Gasteiger partial charge in [0.15, 0.2) is 0 Å². The number of rotatable bonds is 6. The van der Waals surface area contributed by atoms with E-state index in [9.17, 15) is 9.59 Å². The van der Waals surface area contributed by atoms with E-state index in [0.717, 1.165) is 31.4 Å². The Bertz CT molecular complexity index is 1110. The molecule has 6 nitrogen and oxygen atoms in total. The molecule has 2 N–H and O–H groups in total. The lowest BCUT2D eigenvalue weighted by Crippen LogP contribution is -2.45. The largest absolute Gasteiger partial charge is 0.466 e. The number of hydrogen-bond acceptors (Lipinski definition) is 5. The quantitative estimate of drug-likeness (QED) is 0.518. The average Bonchev–Trinajstić information content (AvgIpc) is 3.36. The van der Waals surface area contributed by atoms with Crippen molar-refractivity contribution >= 4 is 33.4 Å². The average molecular weight is 455 g/mol. The summed E-state index contributed by atoms with van der Waals surface area (Å²) in [4.78, 5) is 24.8. The SMILES string of the molecule is CCNC(=O)OC1CCC(CNC(=O)c2cc(C)oc2C)(c2csc3ccccc23)CC1. The zero-order valence-corrected chi connectivity index (χ0v) is 19.6. The van der Waals surface area contributed by atoms with Gasteiger partial charge in [-0.2, -0.15) is 0 Å². The van der Waals surface area contributed by atoms with E-state index in [2.05, 4.69) is 40.3 Å². The topological polar surface area (TPSA) is 80.6 Å². The highest BCUT2D eigenvalue weighted by atomic mass is 32.1. The maximum Gasteiger partial charge on any atom is 0.407 e. The van der Waals surface area contributed by atoms with Gasteiger partial charge in [-0.3, -0.25) is 4.79 Å². The zero-order chi connectivity index (χ0) is 22.7. The molecule has 1 aliphatic rings. The molecule has 0 aliphatic heterocycles. The second-order valence-electron chi connectivity index (χ2n) is 8.57. The van der Waals surface area contributed by atoms with Gasteiger partial charge in [-0.1, -0.05) is 18.2 Å². The number of nitrogens with one attached hydrogen (secondary N) is 2. The minimum Gasteiger partial charge on any atom is -0.466 e. The summed E-state index contributed by atoms with van der Waals surface area (Å²) in [6.45, 7) is 6.62. The Morgan fingerprint density at radius 1 is 1.19 bits per heavy atom. The van der Waals surface area contributed by atoms with Gasteiger partial charge in [0.1, 0.15) is 17.6 Å². The van der Waals surface area contributed by atoms with Crippen molar-refractivity contribution in [2.24, 2.45) is 0 Å². The van der Waals surface area contributed by atoms with E-state index in [1.807, 2.05) is 20.8 Å². The van der Waals surface area contributed by atoms with Gasteiger partial charge in [0.2, 0.25) is 0 Å². The predicted octanol–water partition coefficient (Wildman–Crippen LogP) is 5.47. The van der Waals surface area contributed by atoms with Crippen molar-refractivity contribution in [3.8, 4) is 0 Å². The van der Waals surface area contributed by atoms with E-state index in [1.54, 1.807) is 17.4 Å². The van der Waals surface area contributed by atoms with E-state index in [4.69, 9.17) is 9.15 Å². The molecule has 1 fully saturated rings. The van der Waals surface area contributed by atoms with Crippen molar-refractivity contribution in [3.63, 3.8) is 0 Å². The third-order valence-electron chi connectivity index (χ3n) is 6.41. The molecule has 1 saturated carbocycles. The minimum absolute atomic E-state index is 0.103. The van der Waals surface area contributed by atoms with Crippen molar-refractivity contribution in [2.75, 3.05) is 13.1 Å². The Hall–Kier alpha value is -2.80. The number of carbonyl (C=O) groups excluding carboxylic acids is 2. The van der Waals surface area contributed by atoms with Crippen molar-refractivity contribution in [3.05, 3.63) is 58.4 Å².